The van der Waals surface area contributed by atoms with E-state index in [0.717, 1.165) is 10.0 Å². The molecule has 0 N–H and O–H groups in total. The summed E-state index contributed by atoms with van der Waals surface area (Å²) in [4.78, 5) is 16.1. The average molecular weight is 353 g/mol. The minimum absolute atomic E-state index is 0.108. The van der Waals surface area contributed by atoms with Crippen LogP contribution in [0.1, 0.15) is 15.9 Å². The van der Waals surface area contributed by atoms with Crippen molar-refractivity contribution in [3.05, 3.63) is 63.2 Å². The van der Waals surface area contributed by atoms with E-state index in [0.29, 0.717) is 16.5 Å². The molecule has 0 bridgehead atoms. The molecule has 1 aromatic heterocycles. The molecule has 0 amide bonds. The van der Waals surface area contributed by atoms with E-state index in [4.69, 9.17) is 16.3 Å². The third-order valence-corrected chi connectivity index (χ3v) is 3.27. The summed E-state index contributed by atoms with van der Waals surface area (Å²) in [5.41, 5.74) is 1.30. The Balaban J connectivity index is 2.22. The minimum atomic E-state index is -0.108. The number of aromatic nitrogens is 1. The second kappa shape index (κ2) is 6.68. The first-order valence-electron chi connectivity index (χ1n) is 5.77. The molecule has 2 rings (SSSR count). The summed E-state index contributed by atoms with van der Waals surface area (Å²) in [5.74, 6) is 0.358. The zero-order chi connectivity index (χ0) is 14.5. The quantitative estimate of drug-likeness (QED) is 0.604. The average Bonchev–Trinajstić information content (AvgIpc) is 2.45. The molecule has 0 spiro atoms. The summed E-state index contributed by atoms with van der Waals surface area (Å²) < 4.78 is 5.96. The first-order chi connectivity index (χ1) is 9.60. The molecule has 5 heteroatoms. The molecule has 0 atom stereocenters. The van der Waals surface area contributed by atoms with Crippen molar-refractivity contribution in [2.45, 2.75) is 0 Å². The van der Waals surface area contributed by atoms with Gasteiger partial charge in [0, 0.05) is 26.8 Å². The fourth-order valence-electron chi connectivity index (χ4n) is 1.61. The third-order valence-electron chi connectivity index (χ3n) is 2.58. The molecular formula is C15H11BrClNO2. The van der Waals surface area contributed by atoms with Gasteiger partial charge in [0.1, 0.15) is 0 Å². The second-order valence-electron chi connectivity index (χ2n) is 3.96. The molecule has 0 unspecified atom stereocenters. The van der Waals surface area contributed by atoms with Crippen LogP contribution in [0.4, 0.5) is 0 Å². The fourth-order valence-corrected chi connectivity index (χ4v) is 2.08. The summed E-state index contributed by atoms with van der Waals surface area (Å²) in [5, 5.41) is 0.600. The van der Waals surface area contributed by atoms with Crippen molar-refractivity contribution in [1.82, 2.24) is 4.98 Å². The topological polar surface area (TPSA) is 39.2 Å². The number of ether oxygens (including phenoxy) is 1. The van der Waals surface area contributed by atoms with Crippen LogP contribution in [0, 0.1) is 0 Å². The number of rotatable bonds is 4. The normalized spacial score (nSPS) is 10.8. The van der Waals surface area contributed by atoms with Gasteiger partial charge in [-0.25, -0.2) is 4.98 Å². The first-order valence-corrected chi connectivity index (χ1v) is 6.95. The Kier molecular flexibility index (Phi) is 4.93. The van der Waals surface area contributed by atoms with Gasteiger partial charge in [-0.1, -0.05) is 11.6 Å². The van der Waals surface area contributed by atoms with E-state index in [2.05, 4.69) is 20.9 Å². The van der Waals surface area contributed by atoms with Crippen molar-refractivity contribution >= 4 is 39.4 Å². The van der Waals surface area contributed by atoms with E-state index < -0.39 is 0 Å². The molecule has 0 aliphatic heterocycles. The predicted octanol–water partition coefficient (Wildman–Crippen LogP) is 4.40. The van der Waals surface area contributed by atoms with Gasteiger partial charge in [-0.3, -0.25) is 4.79 Å². The Labute approximate surface area is 130 Å². The van der Waals surface area contributed by atoms with Crippen molar-refractivity contribution in [2.24, 2.45) is 0 Å². The molecule has 0 saturated heterocycles. The standard InChI is InChI=1S/C15H11BrClNO2/c1-20-15-11(8-12(16)9-18-15)4-7-14(19)10-2-5-13(17)6-3-10/h2-9H,1H3. The third kappa shape index (κ3) is 3.68. The lowest BCUT2D eigenvalue weighted by Crippen LogP contribution is -1.94. The Bertz CT molecular complexity index is 653. The number of benzene rings is 1. The number of carbonyl (C=O) groups is 1. The number of nitrogens with zero attached hydrogens (tertiary/aromatic N) is 1. The molecule has 0 aliphatic carbocycles. The van der Waals surface area contributed by atoms with Crippen molar-refractivity contribution in [1.29, 1.82) is 0 Å². The molecule has 0 fully saturated rings. The van der Waals surface area contributed by atoms with Crippen LogP contribution in [0.3, 0.4) is 0 Å². The van der Waals surface area contributed by atoms with Gasteiger partial charge in [0.25, 0.3) is 0 Å². The van der Waals surface area contributed by atoms with Gasteiger partial charge in [0.05, 0.1) is 7.11 Å². The van der Waals surface area contributed by atoms with Crippen LogP contribution >= 0.6 is 27.5 Å². The van der Waals surface area contributed by atoms with Gasteiger partial charge >= 0.3 is 0 Å². The lowest BCUT2D eigenvalue weighted by Gasteiger charge is -2.03. The Morgan fingerprint density at radius 3 is 2.70 bits per heavy atom. The van der Waals surface area contributed by atoms with Crippen LogP contribution in [0.15, 0.2) is 47.1 Å². The van der Waals surface area contributed by atoms with E-state index in [-0.39, 0.29) is 5.78 Å². The highest BCUT2D eigenvalue weighted by molar-refractivity contribution is 9.10. The molecular weight excluding hydrogens is 342 g/mol. The molecule has 0 aliphatic rings. The lowest BCUT2D eigenvalue weighted by atomic mass is 10.1. The maximum atomic E-state index is 12.0. The smallest absolute Gasteiger partial charge is 0.220 e. The van der Waals surface area contributed by atoms with Crippen LogP contribution in [0.25, 0.3) is 6.08 Å². The predicted molar refractivity (Wildman–Crippen MR) is 83.3 cm³/mol. The van der Waals surface area contributed by atoms with Crippen molar-refractivity contribution < 1.29 is 9.53 Å². The summed E-state index contributed by atoms with van der Waals surface area (Å²) in [7, 11) is 1.54. The summed E-state index contributed by atoms with van der Waals surface area (Å²) in [6.07, 6.45) is 4.79. The maximum absolute atomic E-state index is 12.0. The van der Waals surface area contributed by atoms with Gasteiger partial charge in [-0.2, -0.15) is 0 Å². The number of allylic oxidation sites excluding steroid dienone is 1. The van der Waals surface area contributed by atoms with Crippen molar-refractivity contribution in [3.8, 4) is 5.88 Å². The van der Waals surface area contributed by atoms with Gasteiger partial charge in [0.15, 0.2) is 5.78 Å². The Morgan fingerprint density at radius 1 is 1.35 bits per heavy atom. The summed E-state index contributed by atoms with van der Waals surface area (Å²) in [6.45, 7) is 0. The number of pyridine rings is 1. The number of hydrogen-bond acceptors (Lipinski definition) is 3. The highest BCUT2D eigenvalue weighted by Crippen LogP contribution is 2.21. The molecule has 0 radical (unpaired) electrons. The zero-order valence-electron chi connectivity index (χ0n) is 10.6. The minimum Gasteiger partial charge on any atom is -0.481 e. The number of carbonyl (C=O) groups excluding carboxylic acids is 1. The number of methoxy groups -OCH3 is 1. The number of hydrogen-bond donors (Lipinski definition) is 0. The van der Waals surface area contributed by atoms with Gasteiger partial charge < -0.3 is 4.74 Å². The van der Waals surface area contributed by atoms with Crippen LogP contribution in [-0.4, -0.2) is 17.9 Å². The first kappa shape index (κ1) is 14.8. The van der Waals surface area contributed by atoms with Gasteiger partial charge in [-0.15, -0.1) is 0 Å². The summed E-state index contributed by atoms with van der Waals surface area (Å²) in [6, 6.07) is 8.57. The van der Waals surface area contributed by atoms with Gasteiger partial charge in [-0.05, 0) is 58.4 Å². The lowest BCUT2D eigenvalue weighted by molar-refractivity contribution is 0.104. The van der Waals surface area contributed by atoms with E-state index in [1.54, 1.807) is 36.5 Å². The molecule has 1 aromatic carbocycles. The maximum Gasteiger partial charge on any atom is 0.220 e. The molecule has 0 saturated carbocycles. The van der Waals surface area contributed by atoms with E-state index >= 15 is 0 Å². The molecule has 1 heterocycles. The van der Waals surface area contributed by atoms with E-state index in [1.807, 2.05) is 6.07 Å². The largest absolute Gasteiger partial charge is 0.481 e. The highest BCUT2D eigenvalue weighted by Gasteiger charge is 2.05. The second-order valence-corrected chi connectivity index (χ2v) is 5.31. The van der Waals surface area contributed by atoms with Crippen molar-refractivity contribution in [2.75, 3.05) is 7.11 Å². The van der Waals surface area contributed by atoms with Gasteiger partial charge in [0.2, 0.25) is 5.88 Å². The van der Waals surface area contributed by atoms with Crippen molar-refractivity contribution in [3.63, 3.8) is 0 Å². The van der Waals surface area contributed by atoms with Crippen LogP contribution in [-0.2, 0) is 0 Å². The van der Waals surface area contributed by atoms with E-state index in [1.165, 1.54) is 13.2 Å². The Morgan fingerprint density at radius 2 is 2.05 bits per heavy atom. The number of ketones is 1. The molecule has 3 nitrogen and oxygen atoms in total. The highest BCUT2D eigenvalue weighted by atomic mass is 79.9. The monoisotopic (exact) mass is 351 g/mol. The molecule has 20 heavy (non-hydrogen) atoms. The van der Waals surface area contributed by atoms with Crippen LogP contribution in [0.2, 0.25) is 5.02 Å². The zero-order valence-corrected chi connectivity index (χ0v) is 13.0. The molecule has 102 valence electrons. The number of halogens is 2. The Hall–Kier alpha value is -1.65. The van der Waals surface area contributed by atoms with E-state index in [9.17, 15) is 4.79 Å². The SMILES string of the molecule is COc1ncc(Br)cc1C=CC(=O)c1ccc(Cl)cc1. The van der Waals surface area contributed by atoms with Crippen LogP contribution < -0.4 is 4.74 Å². The summed E-state index contributed by atoms with van der Waals surface area (Å²) >= 11 is 9.12. The molecule has 2 aromatic rings. The fraction of sp³-hybridized carbons (Fsp3) is 0.0667. The van der Waals surface area contributed by atoms with Crippen LogP contribution in [0.5, 0.6) is 5.88 Å².